The smallest absolute Gasteiger partial charge is 0.410 e. The lowest BCUT2D eigenvalue weighted by molar-refractivity contribution is -0.00416. The monoisotopic (exact) mass is 561 g/mol. The second kappa shape index (κ2) is 13.1. The molecule has 1 fully saturated rings. The highest BCUT2D eigenvalue weighted by molar-refractivity contribution is 6.16. The van der Waals surface area contributed by atoms with E-state index in [0.717, 1.165) is 33.7 Å². The van der Waals surface area contributed by atoms with Crippen LogP contribution in [0.15, 0.2) is 78.4 Å². The van der Waals surface area contributed by atoms with Crippen molar-refractivity contribution >= 4 is 23.0 Å². The molecule has 1 aliphatic heterocycles. The average molecular weight is 562 g/mol. The van der Waals surface area contributed by atoms with E-state index >= 15 is 4.39 Å². The first-order valence-corrected chi connectivity index (χ1v) is 14.0. The fraction of sp³-hybridized carbons (Fsp3) is 0.424. The maximum Gasteiger partial charge on any atom is 0.410 e. The fourth-order valence-corrected chi connectivity index (χ4v) is 5.20. The highest BCUT2D eigenvalue weighted by Crippen LogP contribution is 2.35. The van der Waals surface area contributed by atoms with Gasteiger partial charge in [0, 0.05) is 73.4 Å². The van der Waals surface area contributed by atoms with Crippen LogP contribution in [-0.4, -0.2) is 62.2 Å². The summed E-state index contributed by atoms with van der Waals surface area (Å²) in [5, 5.41) is 4.29. The summed E-state index contributed by atoms with van der Waals surface area (Å²) < 4.78 is 22.7. The van der Waals surface area contributed by atoms with E-state index in [9.17, 15) is 4.79 Å². The lowest BCUT2D eigenvalue weighted by atomic mass is 9.88. The molecule has 1 aliphatic rings. The van der Waals surface area contributed by atoms with Gasteiger partial charge in [-0.1, -0.05) is 37.4 Å². The highest BCUT2D eigenvalue weighted by atomic mass is 19.1. The van der Waals surface area contributed by atoms with E-state index in [1.54, 1.807) is 27.9 Å². The number of benzene rings is 1. The van der Waals surface area contributed by atoms with Gasteiger partial charge in [0.25, 0.3) is 0 Å². The molecule has 0 spiro atoms. The maximum absolute atomic E-state index is 15.3. The molecule has 2 aromatic rings. The van der Waals surface area contributed by atoms with E-state index in [-0.39, 0.29) is 24.0 Å². The minimum atomic E-state index is -0.576. The minimum Gasteiger partial charge on any atom is -0.444 e. The van der Waals surface area contributed by atoms with Gasteiger partial charge in [-0.2, -0.15) is 5.10 Å². The van der Waals surface area contributed by atoms with Crippen LogP contribution in [0.3, 0.4) is 0 Å². The zero-order valence-electron chi connectivity index (χ0n) is 25.7. The van der Waals surface area contributed by atoms with Gasteiger partial charge in [-0.05, 0) is 65.7 Å². The number of halogens is 1. The summed E-state index contributed by atoms with van der Waals surface area (Å²) in [4.78, 5) is 21.8. The molecule has 1 amide bonds. The molecule has 1 aromatic carbocycles. The molecule has 41 heavy (non-hydrogen) atoms. The molecule has 0 radical (unpaired) electrons. The van der Waals surface area contributed by atoms with Crippen LogP contribution in [0.4, 0.5) is 9.18 Å². The molecule has 8 heteroatoms. The van der Waals surface area contributed by atoms with Crippen molar-refractivity contribution in [2.24, 2.45) is 12.0 Å². The predicted octanol–water partition coefficient (Wildman–Crippen LogP) is 7.25. The first-order chi connectivity index (χ1) is 19.3. The highest BCUT2D eigenvalue weighted by Gasteiger charge is 2.36. The molecular formula is C33H44FN5O2. The van der Waals surface area contributed by atoms with Crippen LogP contribution in [-0.2, 0) is 11.8 Å². The molecular weight excluding hydrogens is 517 g/mol. The van der Waals surface area contributed by atoms with Crippen LogP contribution in [0, 0.1) is 5.82 Å². The number of aromatic nitrogens is 2. The van der Waals surface area contributed by atoms with Gasteiger partial charge in [-0.25, -0.2) is 9.18 Å². The number of carbonyl (C=O) groups is 1. The van der Waals surface area contributed by atoms with Gasteiger partial charge in [0.15, 0.2) is 0 Å². The Morgan fingerprint density at radius 3 is 2.39 bits per heavy atom. The summed E-state index contributed by atoms with van der Waals surface area (Å²) in [6.07, 6.45) is 7.22. The number of rotatable bonds is 8. The molecule has 220 valence electrons. The van der Waals surface area contributed by atoms with E-state index < -0.39 is 5.60 Å². The Balaban J connectivity index is 2.11. The molecule has 0 saturated carbocycles. The van der Waals surface area contributed by atoms with Gasteiger partial charge in [-0.15, -0.1) is 0 Å². The van der Waals surface area contributed by atoms with Gasteiger partial charge < -0.3 is 14.5 Å². The molecule has 3 rings (SSSR count). The summed E-state index contributed by atoms with van der Waals surface area (Å²) in [6.45, 7) is 22.9. The summed E-state index contributed by atoms with van der Waals surface area (Å²) in [6, 6.07) is 6.63. The average Bonchev–Trinajstić information content (AvgIpc) is 3.33. The number of hydrogen-bond donors (Lipinski definition) is 0. The molecule has 0 bridgehead atoms. The summed E-state index contributed by atoms with van der Waals surface area (Å²) in [5.41, 5.74) is 4.85. The molecule has 0 N–H and O–H groups in total. The van der Waals surface area contributed by atoms with Gasteiger partial charge in [0.1, 0.15) is 11.4 Å². The summed E-state index contributed by atoms with van der Waals surface area (Å²) >= 11 is 0. The second-order valence-electron chi connectivity index (χ2n) is 11.6. The Morgan fingerprint density at radius 1 is 1.20 bits per heavy atom. The first-order valence-electron chi connectivity index (χ1n) is 14.0. The first kappa shape index (κ1) is 31.6. The van der Waals surface area contributed by atoms with E-state index in [1.165, 1.54) is 12.3 Å². The number of ether oxygens (including phenoxy) is 1. The van der Waals surface area contributed by atoms with Crippen molar-refractivity contribution < 1.29 is 13.9 Å². The van der Waals surface area contributed by atoms with Gasteiger partial charge >= 0.3 is 6.09 Å². The van der Waals surface area contributed by atoms with Crippen LogP contribution in [0.5, 0.6) is 0 Å². The SMILES string of the molecule is C=CN=C(CC(=C)c1cnn(C)c1)C(/C(=C\C)c1ccccc1F)=C(\C)N1C[C@@H](C)N(C(=O)OC(C)(C)C)C[C@@H]1C. The van der Waals surface area contributed by atoms with Crippen LogP contribution in [0.2, 0.25) is 0 Å². The van der Waals surface area contributed by atoms with E-state index in [0.29, 0.717) is 25.1 Å². The molecule has 0 aliphatic carbocycles. The standard InChI is InChI=1S/C33H44FN5O2/c1-11-27(28-15-13-14-16-29(28)34)31(30(35-12-2)17-22(3)26-18-36-37(10)21-26)25(6)38-19-24(5)39(20-23(38)4)32(40)41-33(7,8)9/h11-16,18,21,23-24H,2-3,17,19-20H2,1,4-10H3/b27-11-,31-25+,35-30?/t23-,24+/m0/s1. The number of hydrogen-bond acceptors (Lipinski definition) is 5. The maximum atomic E-state index is 15.3. The Morgan fingerprint density at radius 2 is 1.83 bits per heavy atom. The van der Waals surface area contributed by atoms with Crippen molar-refractivity contribution in [2.45, 2.75) is 72.6 Å². The molecule has 0 unspecified atom stereocenters. The number of carbonyl (C=O) groups excluding carboxylic acids is 1. The van der Waals surface area contributed by atoms with Crippen LogP contribution < -0.4 is 0 Å². The normalized spacial score (nSPS) is 19.1. The topological polar surface area (TPSA) is 63.0 Å². The Hall–Kier alpha value is -3.94. The quantitative estimate of drug-likeness (QED) is 0.252. The van der Waals surface area contributed by atoms with Gasteiger partial charge in [-0.3, -0.25) is 9.67 Å². The number of amides is 1. The molecule has 1 aromatic heterocycles. The van der Waals surface area contributed by atoms with Gasteiger partial charge in [0.2, 0.25) is 0 Å². The molecule has 7 nitrogen and oxygen atoms in total. The third-order valence-corrected chi connectivity index (χ3v) is 7.16. The lowest BCUT2D eigenvalue weighted by Crippen LogP contribution is -2.58. The minimum absolute atomic E-state index is 0.0287. The van der Waals surface area contributed by atoms with Crippen molar-refractivity contribution in [3.8, 4) is 0 Å². The number of piperazine rings is 1. The lowest BCUT2D eigenvalue weighted by Gasteiger charge is -2.46. The summed E-state index contributed by atoms with van der Waals surface area (Å²) in [5.74, 6) is -0.314. The van der Waals surface area contributed by atoms with Crippen molar-refractivity contribution in [1.29, 1.82) is 0 Å². The third-order valence-electron chi connectivity index (χ3n) is 7.16. The van der Waals surface area contributed by atoms with E-state index in [2.05, 4.69) is 30.1 Å². The third kappa shape index (κ3) is 7.63. The van der Waals surface area contributed by atoms with Crippen molar-refractivity contribution in [3.63, 3.8) is 0 Å². The van der Waals surface area contributed by atoms with E-state index in [4.69, 9.17) is 9.73 Å². The van der Waals surface area contributed by atoms with Crippen molar-refractivity contribution in [1.82, 2.24) is 19.6 Å². The largest absolute Gasteiger partial charge is 0.444 e. The zero-order valence-corrected chi connectivity index (χ0v) is 25.7. The fourth-order valence-electron chi connectivity index (χ4n) is 5.20. The Kier molecular flexibility index (Phi) is 10.1. The Labute approximate surface area is 244 Å². The molecule has 2 heterocycles. The number of aryl methyl sites for hydroxylation is 1. The second-order valence-corrected chi connectivity index (χ2v) is 11.6. The number of aliphatic imine (C=N–C) groups is 1. The molecule has 1 saturated heterocycles. The van der Waals surface area contributed by atoms with E-state index in [1.807, 2.05) is 66.9 Å². The number of nitrogens with zero attached hydrogens (tertiary/aromatic N) is 5. The van der Waals surface area contributed by atoms with Crippen molar-refractivity contribution in [2.75, 3.05) is 13.1 Å². The zero-order chi connectivity index (χ0) is 30.5. The van der Waals surface area contributed by atoms with Gasteiger partial charge in [0.05, 0.1) is 11.9 Å². The van der Waals surface area contributed by atoms with Crippen LogP contribution in [0.1, 0.15) is 66.0 Å². The Bertz CT molecular complexity index is 1380. The van der Waals surface area contributed by atoms with Crippen molar-refractivity contribution in [3.05, 3.63) is 90.3 Å². The van der Waals surface area contributed by atoms with Crippen LogP contribution in [0.25, 0.3) is 11.1 Å². The predicted molar refractivity (Wildman–Crippen MR) is 166 cm³/mol. The van der Waals surface area contributed by atoms with Crippen LogP contribution >= 0.6 is 0 Å². The summed E-state index contributed by atoms with van der Waals surface area (Å²) in [7, 11) is 1.86. The number of allylic oxidation sites excluding steroid dienone is 5. The molecule has 2 atom stereocenters.